The molecule has 1 atom stereocenters. The van der Waals surface area contributed by atoms with Crippen LogP contribution in [0.4, 0.5) is 0 Å². The minimum Gasteiger partial charge on any atom is -0.342 e. The van der Waals surface area contributed by atoms with Gasteiger partial charge in [-0.2, -0.15) is 0 Å². The summed E-state index contributed by atoms with van der Waals surface area (Å²) in [5.74, 6) is 0.969. The van der Waals surface area contributed by atoms with Gasteiger partial charge in [-0.3, -0.25) is 4.79 Å². The fourth-order valence-corrected chi connectivity index (χ4v) is 5.27. The van der Waals surface area contributed by atoms with Crippen LogP contribution in [0.25, 0.3) is 0 Å². The predicted octanol–water partition coefficient (Wildman–Crippen LogP) is 4.36. The molecule has 3 fully saturated rings. The van der Waals surface area contributed by atoms with E-state index < -0.39 is 0 Å². The van der Waals surface area contributed by atoms with Crippen molar-refractivity contribution in [3.63, 3.8) is 0 Å². The number of benzene rings is 1. The van der Waals surface area contributed by atoms with Crippen LogP contribution in [0.5, 0.6) is 0 Å². The lowest BCUT2D eigenvalue weighted by atomic mass is 9.92. The molecule has 0 spiro atoms. The normalized spacial score (nSPS) is 26.2. The highest BCUT2D eigenvalue weighted by Gasteiger charge is 2.47. The van der Waals surface area contributed by atoms with Crippen molar-refractivity contribution < 1.29 is 4.79 Å². The Bertz CT molecular complexity index is 659. The van der Waals surface area contributed by atoms with Gasteiger partial charge >= 0.3 is 0 Å². The summed E-state index contributed by atoms with van der Waals surface area (Å²) in [5.41, 5.74) is 1.47. The quantitative estimate of drug-likeness (QED) is 0.757. The maximum Gasteiger partial charge on any atom is 0.222 e. The zero-order valence-corrected chi connectivity index (χ0v) is 16.2. The van der Waals surface area contributed by atoms with Gasteiger partial charge in [0.1, 0.15) is 0 Å². The van der Waals surface area contributed by atoms with E-state index in [9.17, 15) is 4.79 Å². The molecule has 0 N–H and O–H groups in total. The summed E-state index contributed by atoms with van der Waals surface area (Å²) in [6.07, 6.45) is 6.68. The molecule has 1 aromatic rings. The summed E-state index contributed by atoms with van der Waals surface area (Å²) in [7, 11) is 0. The molecule has 5 heteroatoms. The summed E-state index contributed by atoms with van der Waals surface area (Å²) in [6, 6.07) is 5.94. The molecule has 4 rings (SSSR count). The number of carbonyl (C=O) groups is 1. The van der Waals surface area contributed by atoms with Gasteiger partial charge in [0.05, 0.1) is 0 Å². The minimum absolute atomic E-state index is 0.215. The Morgan fingerprint density at radius 1 is 1.16 bits per heavy atom. The maximum atomic E-state index is 11.9. The number of nitrogens with zero attached hydrogens (tertiary/aromatic N) is 2. The topological polar surface area (TPSA) is 23.6 Å². The van der Waals surface area contributed by atoms with Crippen molar-refractivity contribution in [1.29, 1.82) is 0 Å². The van der Waals surface area contributed by atoms with Crippen molar-refractivity contribution >= 4 is 29.1 Å². The molecule has 0 bridgehead atoms. The zero-order chi connectivity index (χ0) is 17.4. The van der Waals surface area contributed by atoms with Gasteiger partial charge in [-0.05, 0) is 62.3 Å². The van der Waals surface area contributed by atoms with E-state index >= 15 is 0 Å². The molecule has 136 valence electrons. The lowest BCUT2D eigenvalue weighted by Crippen LogP contribution is -2.44. The van der Waals surface area contributed by atoms with Crippen LogP contribution in [-0.2, 0) is 10.2 Å². The number of rotatable bonds is 5. The highest BCUT2D eigenvalue weighted by atomic mass is 35.5. The van der Waals surface area contributed by atoms with Crippen LogP contribution < -0.4 is 0 Å². The number of hydrogen-bond donors (Lipinski definition) is 0. The Labute approximate surface area is 160 Å². The van der Waals surface area contributed by atoms with Gasteiger partial charge in [0.2, 0.25) is 5.91 Å². The van der Waals surface area contributed by atoms with Crippen LogP contribution in [0.15, 0.2) is 18.2 Å². The first-order valence-corrected chi connectivity index (χ1v) is 10.3. The van der Waals surface area contributed by atoms with Gasteiger partial charge in [0.15, 0.2) is 0 Å². The Balaban J connectivity index is 1.39. The van der Waals surface area contributed by atoms with Crippen LogP contribution in [0.1, 0.15) is 44.1 Å². The van der Waals surface area contributed by atoms with Crippen LogP contribution in [0.2, 0.25) is 10.0 Å². The summed E-state index contributed by atoms with van der Waals surface area (Å²) in [4.78, 5) is 16.6. The van der Waals surface area contributed by atoms with Crippen molar-refractivity contribution in [2.45, 2.75) is 43.9 Å². The van der Waals surface area contributed by atoms with Gasteiger partial charge in [-0.15, -0.1) is 0 Å². The van der Waals surface area contributed by atoms with Crippen molar-refractivity contribution in [1.82, 2.24) is 9.80 Å². The van der Waals surface area contributed by atoms with Gasteiger partial charge in [-0.1, -0.05) is 29.3 Å². The maximum absolute atomic E-state index is 11.9. The van der Waals surface area contributed by atoms with Gasteiger partial charge in [0.25, 0.3) is 0 Å². The largest absolute Gasteiger partial charge is 0.342 e. The van der Waals surface area contributed by atoms with E-state index in [2.05, 4.69) is 15.9 Å². The summed E-state index contributed by atoms with van der Waals surface area (Å²) in [5, 5.41) is 1.51. The Hall–Kier alpha value is -0.770. The number of carbonyl (C=O) groups excluding carboxylic acids is 1. The molecule has 25 heavy (non-hydrogen) atoms. The number of piperidine rings is 1. The van der Waals surface area contributed by atoms with Crippen molar-refractivity contribution in [3.05, 3.63) is 33.8 Å². The second-order valence-corrected chi connectivity index (χ2v) is 8.93. The Morgan fingerprint density at radius 3 is 2.68 bits per heavy atom. The highest BCUT2D eigenvalue weighted by Crippen LogP contribution is 2.51. The zero-order valence-electron chi connectivity index (χ0n) is 14.6. The average Bonchev–Trinajstić information content (AvgIpc) is 3.23. The third kappa shape index (κ3) is 3.84. The first-order valence-electron chi connectivity index (χ1n) is 9.51. The van der Waals surface area contributed by atoms with E-state index in [4.69, 9.17) is 23.2 Å². The second kappa shape index (κ2) is 7.09. The van der Waals surface area contributed by atoms with Crippen molar-refractivity contribution in [3.8, 4) is 0 Å². The van der Waals surface area contributed by atoms with Crippen molar-refractivity contribution in [2.75, 3.05) is 32.7 Å². The third-order valence-electron chi connectivity index (χ3n) is 6.14. The summed E-state index contributed by atoms with van der Waals surface area (Å²) >= 11 is 12.5. The average molecular weight is 381 g/mol. The fraction of sp³-hybridized carbons (Fsp3) is 0.650. The molecule has 0 unspecified atom stereocenters. The van der Waals surface area contributed by atoms with Crippen LogP contribution in [0.3, 0.4) is 0 Å². The number of likely N-dealkylation sites (tertiary alicyclic amines) is 2. The molecule has 3 nitrogen and oxygen atoms in total. The first kappa shape index (κ1) is 17.6. The van der Waals surface area contributed by atoms with Gasteiger partial charge in [0, 0.05) is 48.1 Å². The van der Waals surface area contributed by atoms with Crippen LogP contribution >= 0.6 is 23.2 Å². The second-order valence-electron chi connectivity index (χ2n) is 8.09. The van der Waals surface area contributed by atoms with E-state index in [1.807, 2.05) is 12.1 Å². The van der Waals surface area contributed by atoms with Gasteiger partial charge in [-0.25, -0.2) is 0 Å². The lowest BCUT2D eigenvalue weighted by Gasteiger charge is -2.37. The van der Waals surface area contributed by atoms with Crippen molar-refractivity contribution in [2.24, 2.45) is 5.92 Å². The molecular formula is C20H26Cl2N2O. The molecular weight excluding hydrogens is 355 g/mol. The molecule has 1 aromatic carbocycles. The third-order valence-corrected chi connectivity index (χ3v) is 6.68. The summed E-state index contributed by atoms with van der Waals surface area (Å²) in [6.45, 7) is 5.26. The standard InChI is InChI=1S/C20H26Cl2N2O/c21-16-5-6-17(18(22)11-16)20(7-8-20)14-23-9-1-3-15(12-23)13-24-10-2-4-19(24)25/h5-6,11,15H,1-4,7-10,12-14H2/t15-/m0/s1. The monoisotopic (exact) mass is 380 g/mol. The molecule has 0 aromatic heterocycles. The molecule has 1 amide bonds. The van der Waals surface area contributed by atoms with E-state index in [1.165, 1.54) is 31.2 Å². The fourth-order valence-electron chi connectivity index (χ4n) is 4.66. The molecule has 2 heterocycles. The molecule has 0 radical (unpaired) electrons. The number of hydrogen-bond acceptors (Lipinski definition) is 2. The van der Waals surface area contributed by atoms with Crippen LogP contribution in [0, 0.1) is 5.92 Å². The number of amides is 1. The Kier molecular flexibility index (Phi) is 5.00. The first-order chi connectivity index (χ1) is 12.1. The SMILES string of the molecule is O=C1CCCN1C[C@H]1CCCN(CC2(c3ccc(Cl)cc3Cl)CC2)C1. The summed E-state index contributed by atoms with van der Waals surface area (Å²) < 4.78 is 0. The van der Waals surface area contributed by atoms with Crippen LogP contribution in [-0.4, -0.2) is 48.4 Å². The number of halogens is 2. The molecule has 2 aliphatic heterocycles. The predicted molar refractivity (Wildman–Crippen MR) is 102 cm³/mol. The van der Waals surface area contributed by atoms with E-state index in [-0.39, 0.29) is 5.41 Å². The van der Waals surface area contributed by atoms with E-state index in [0.717, 1.165) is 50.6 Å². The lowest BCUT2D eigenvalue weighted by molar-refractivity contribution is -0.128. The van der Waals surface area contributed by atoms with Gasteiger partial charge < -0.3 is 9.80 Å². The van der Waals surface area contributed by atoms with E-state index in [0.29, 0.717) is 16.8 Å². The molecule has 2 saturated heterocycles. The Morgan fingerprint density at radius 2 is 2.00 bits per heavy atom. The molecule has 1 aliphatic carbocycles. The minimum atomic E-state index is 0.215. The molecule has 3 aliphatic rings. The highest BCUT2D eigenvalue weighted by molar-refractivity contribution is 6.35. The van der Waals surface area contributed by atoms with E-state index in [1.54, 1.807) is 0 Å². The smallest absolute Gasteiger partial charge is 0.222 e. The molecule has 1 saturated carbocycles.